The summed E-state index contributed by atoms with van der Waals surface area (Å²) in [6, 6.07) is 8.00. The second-order valence-corrected chi connectivity index (χ2v) is 5.66. The van der Waals surface area contributed by atoms with Crippen molar-refractivity contribution < 1.29 is 9.47 Å². The van der Waals surface area contributed by atoms with Crippen molar-refractivity contribution in [3.05, 3.63) is 23.8 Å². The number of hydrogen-bond acceptors (Lipinski definition) is 4. The SMILES string of the molecule is COc1cccc(CNC(C)(C)C)c1OCCCC#N. The largest absolute Gasteiger partial charge is 0.493 e. The Balaban J connectivity index is 2.79. The van der Waals surface area contributed by atoms with Crippen LogP contribution in [0.15, 0.2) is 18.2 Å². The predicted molar refractivity (Wildman–Crippen MR) is 79.9 cm³/mol. The third-order valence-corrected chi connectivity index (χ3v) is 2.77. The number of unbranched alkanes of at least 4 members (excludes halogenated alkanes) is 1. The summed E-state index contributed by atoms with van der Waals surface area (Å²) in [5.74, 6) is 1.50. The van der Waals surface area contributed by atoms with Gasteiger partial charge in [0.05, 0.1) is 19.8 Å². The number of ether oxygens (including phenoxy) is 2. The summed E-state index contributed by atoms with van der Waals surface area (Å²) in [7, 11) is 1.64. The minimum Gasteiger partial charge on any atom is -0.493 e. The van der Waals surface area contributed by atoms with Gasteiger partial charge in [-0.05, 0) is 33.3 Å². The van der Waals surface area contributed by atoms with Crippen molar-refractivity contribution in [2.24, 2.45) is 0 Å². The van der Waals surface area contributed by atoms with Crippen LogP contribution in [0.4, 0.5) is 0 Å². The number of benzene rings is 1. The van der Waals surface area contributed by atoms with Crippen LogP contribution in [0.3, 0.4) is 0 Å². The van der Waals surface area contributed by atoms with Gasteiger partial charge < -0.3 is 14.8 Å². The van der Waals surface area contributed by atoms with E-state index >= 15 is 0 Å². The van der Waals surface area contributed by atoms with Gasteiger partial charge in [-0.1, -0.05) is 12.1 Å². The van der Waals surface area contributed by atoms with Crippen LogP contribution in [0.5, 0.6) is 11.5 Å². The fourth-order valence-electron chi connectivity index (χ4n) is 1.71. The molecule has 0 amide bonds. The molecule has 4 nitrogen and oxygen atoms in total. The average Bonchev–Trinajstić information content (AvgIpc) is 2.41. The first kappa shape index (κ1) is 16.3. The maximum atomic E-state index is 8.55. The van der Waals surface area contributed by atoms with Crippen LogP contribution >= 0.6 is 0 Å². The minimum atomic E-state index is 0.0428. The Labute approximate surface area is 121 Å². The Morgan fingerprint density at radius 2 is 2.05 bits per heavy atom. The van der Waals surface area contributed by atoms with E-state index in [1.807, 2.05) is 18.2 Å². The predicted octanol–water partition coefficient (Wildman–Crippen LogP) is 3.27. The molecule has 0 heterocycles. The van der Waals surface area contributed by atoms with E-state index in [1.165, 1.54) is 0 Å². The van der Waals surface area contributed by atoms with Gasteiger partial charge in [-0.3, -0.25) is 0 Å². The van der Waals surface area contributed by atoms with Crippen LogP contribution in [0.1, 0.15) is 39.2 Å². The molecule has 0 aliphatic carbocycles. The molecule has 0 aromatic heterocycles. The molecule has 1 aromatic rings. The van der Waals surface area contributed by atoms with Crippen LogP contribution in [-0.2, 0) is 6.54 Å². The van der Waals surface area contributed by atoms with Crippen molar-refractivity contribution in [2.45, 2.75) is 45.7 Å². The molecular formula is C16H24N2O2. The summed E-state index contributed by atoms with van der Waals surface area (Å²) in [6.45, 7) is 7.62. The lowest BCUT2D eigenvalue weighted by Crippen LogP contribution is -2.35. The van der Waals surface area contributed by atoms with Gasteiger partial charge in [0.15, 0.2) is 11.5 Å². The molecular weight excluding hydrogens is 252 g/mol. The van der Waals surface area contributed by atoms with Gasteiger partial charge in [0.25, 0.3) is 0 Å². The van der Waals surface area contributed by atoms with Crippen LogP contribution in [0.25, 0.3) is 0 Å². The molecule has 1 rings (SSSR count). The standard InChI is InChI=1S/C16H24N2O2/c1-16(2,3)18-12-13-8-7-9-14(19-4)15(13)20-11-6-5-10-17/h7-9,18H,5-6,11-12H2,1-4H3. The molecule has 4 heteroatoms. The zero-order valence-electron chi connectivity index (χ0n) is 12.8. The van der Waals surface area contributed by atoms with E-state index in [-0.39, 0.29) is 5.54 Å². The van der Waals surface area contributed by atoms with Gasteiger partial charge in [-0.25, -0.2) is 0 Å². The third kappa shape index (κ3) is 5.50. The topological polar surface area (TPSA) is 54.3 Å². The number of methoxy groups -OCH3 is 1. The molecule has 110 valence electrons. The number of hydrogen-bond donors (Lipinski definition) is 1. The van der Waals surface area contributed by atoms with Gasteiger partial charge in [-0.2, -0.15) is 5.26 Å². The van der Waals surface area contributed by atoms with Crippen LogP contribution in [-0.4, -0.2) is 19.3 Å². The number of nitrogens with one attached hydrogen (secondary N) is 1. The fraction of sp³-hybridized carbons (Fsp3) is 0.562. The van der Waals surface area contributed by atoms with E-state index < -0.39 is 0 Å². The van der Waals surface area contributed by atoms with E-state index in [4.69, 9.17) is 14.7 Å². The summed E-state index contributed by atoms with van der Waals surface area (Å²) in [6.07, 6.45) is 1.23. The van der Waals surface area contributed by atoms with Crippen LogP contribution in [0, 0.1) is 11.3 Å². The molecule has 0 unspecified atom stereocenters. The Bertz CT molecular complexity index is 459. The molecule has 1 N–H and O–H groups in total. The van der Waals surface area contributed by atoms with Gasteiger partial charge in [0.1, 0.15) is 0 Å². The smallest absolute Gasteiger partial charge is 0.165 e. The highest BCUT2D eigenvalue weighted by molar-refractivity contribution is 5.46. The molecule has 0 radical (unpaired) electrons. The molecule has 0 saturated heterocycles. The van der Waals surface area contributed by atoms with Crippen molar-refractivity contribution in [3.8, 4) is 17.6 Å². The number of nitrogens with zero attached hydrogens (tertiary/aromatic N) is 1. The zero-order valence-corrected chi connectivity index (χ0v) is 12.8. The van der Waals surface area contributed by atoms with Gasteiger partial charge in [0.2, 0.25) is 0 Å². The summed E-state index contributed by atoms with van der Waals surface area (Å²) in [5.41, 5.74) is 1.11. The van der Waals surface area contributed by atoms with Crippen LogP contribution < -0.4 is 14.8 Å². The number of rotatable bonds is 7. The molecule has 0 atom stereocenters. The van der Waals surface area contributed by atoms with Crippen LogP contribution in [0.2, 0.25) is 0 Å². The molecule has 1 aromatic carbocycles. The van der Waals surface area contributed by atoms with Crippen molar-refractivity contribution in [3.63, 3.8) is 0 Å². The lowest BCUT2D eigenvalue weighted by atomic mass is 10.1. The normalized spacial score (nSPS) is 10.9. The summed E-state index contributed by atoms with van der Waals surface area (Å²) >= 11 is 0. The fourth-order valence-corrected chi connectivity index (χ4v) is 1.71. The van der Waals surface area contributed by atoms with Crippen molar-refractivity contribution >= 4 is 0 Å². The lowest BCUT2D eigenvalue weighted by Gasteiger charge is -2.22. The highest BCUT2D eigenvalue weighted by atomic mass is 16.5. The second kappa shape index (κ2) is 7.76. The maximum Gasteiger partial charge on any atom is 0.165 e. The number of nitriles is 1. The molecule has 0 saturated carbocycles. The Morgan fingerprint density at radius 1 is 1.30 bits per heavy atom. The molecule has 0 aliphatic rings. The lowest BCUT2D eigenvalue weighted by molar-refractivity contribution is 0.285. The van der Waals surface area contributed by atoms with E-state index in [2.05, 4.69) is 32.2 Å². The van der Waals surface area contributed by atoms with Gasteiger partial charge >= 0.3 is 0 Å². The van der Waals surface area contributed by atoms with Crippen molar-refractivity contribution in [2.75, 3.05) is 13.7 Å². The highest BCUT2D eigenvalue weighted by Gasteiger charge is 2.14. The van der Waals surface area contributed by atoms with Gasteiger partial charge in [-0.15, -0.1) is 0 Å². The van der Waals surface area contributed by atoms with E-state index in [1.54, 1.807) is 7.11 Å². The highest BCUT2D eigenvalue weighted by Crippen LogP contribution is 2.31. The zero-order chi connectivity index (χ0) is 15.0. The quantitative estimate of drug-likeness (QED) is 0.777. The maximum absolute atomic E-state index is 8.55. The Morgan fingerprint density at radius 3 is 2.65 bits per heavy atom. The molecule has 0 bridgehead atoms. The third-order valence-electron chi connectivity index (χ3n) is 2.77. The summed E-state index contributed by atoms with van der Waals surface area (Å²) < 4.78 is 11.2. The second-order valence-electron chi connectivity index (χ2n) is 5.66. The van der Waals surface area contributed by atoms with Crippen molar-refractivity contribution in [1.29, 1.82) is 5.26 Å². The van der Waals surface area contributed by atoms with Gasteiger partial charge in [0, 0.05) is 24.1 Å². The average molecular weight is 276 g/mol. The molecule has 0 spiro atoms. The monoisotopic (exact) mass is 276 g/mol. The van der Waals surface area contributed by atoms with E-state index in [0.717, 1.165) is 23.5 Å². The Kier molecular flexibility index (Phi) is 6.33. The van der Waals surface area contributed by atoms with E-state index in [0.29, 0.717) is 19.6 Å². The van der Waals surface area contributed by atoms with E-state index in [9.17, 15) is 0 Å². The Hall–Kier alpha value is -1.73. The minimum absolute atomic E-state index is 0.0428. The molecule has 0 aliphatic heterocycles. The number of para-hydroxylation sites is 1. The summed E-state index contributed by atoms with van der Waals surface area (Å²) in [4.78, 5) is 0. The summed E-state index contributed by atoms with van der Waals surface area (Å²) in [5, 5.41) is 12.0. The first-order valence-corrected chi connectivity index (χ1v) is 6.88. The first-order valence-electron chi connectivity index (χ1n) is 6.88. The van der Waals surface area contributed by atoms with Crippen molar-refractivity contribution in [1.82, 2.24) is 5.32 Å². The molecule has 0 fully saturated rings. The molecule has 20 heavy (non-hydrogen) atoms. The first-order chi connectivity index (χ1) is 9.48.